The van der Waals surface area contributed by atoms with E-state index in [2.05, 4.69) is 16.0 Å². The summed E-state index contributed by atoms with van der Waals surface area (Å²) in [5.74, 6) is 1.44. The molecule has 5 rings (SSSR count). The van der Waals surface area contributed by atoms with E-state index < -0.39 is 0 Å². The molecule has 2 aromatic heterocycles. The first-order chi connectivity index (χ1) is 20.5. The molecule has 222 valence electrons. The highest BCUT2D eigenvalue weighted by atomic mass is 35.5. The topological polar surface area (TPSA) is 132 Å². The zero-order valence-corrected chi connectivity index (χ0v) is 25.8. The first-order valence-electron chi connectivity index (χ1n) is 13.7. The molecule has 2 N–H and O–H groups in total. The molecule has 10 nitrogen and oxygen atoms in total. The Labute approximate surface area is 259 Å². The van der Waals surface area contributed by atoms with E-state index in [0.29, 0.717) is 62.7 Å². The Morgan fingerprint density at radius 3 is 2.65 bits per heavy atom. The van der Waals surface area contributed by atoms with Gasteiger partial charge in [-0.25, -0.2) is 14.6 Å². The Hall–Kier alpha value is -4.33. The van der Waals surface area contributed by atoms with E-state index in [0.717, 1.165) is 12.8 Å². The number of carbonyl (C=O) groups excluding carboxylic acids is 1. The maximum Gasteiger partial charge on any atom is 0.264 e. The minimum Gasteiger partial charge on any atom is -0.493 e. The third kappa shape index (κ3) is 6.38. The second-order valence-electron chi connectivity index (χ2n) is 11.4. The molecule has 3 heterocycles. The predicted octanol–water partition coefficient (Wildman–Crippen LogP) is 6.67. The number of methoxy groups -OCH3 is 1. The standard InChI is InChI=1S/C31H31Cl2N7O3/c1-31(2,3)14-19(15-34)30(41)39-11-5-6-20(39)16-40-29-26(28(35)36-17-37-29)27(38-40)18-7-10-24(25(12-18)42-4)43-21-8-9-22(32)23(33)13-21/h7-10,12-14,17,20H,5-6,11,16H2,1-4H3,(H2,35,36,37)/b19-14+. The van der Waals surface area contributed by atoms with Crippen molar-refractivity contribution >= 4 is 46.0 Å². The van der Waals surface area contributed by atoms with E-state index >= 15 is 0 Å². The quantitative estimate of drug-likeness (QED) is 0.179. The molecule has 1 amide bonds. The number of hydrogen-bond donors (Lipinski definition) is 1. The van der Waals surface area contributed by atoms with E-state index in [9.17, 15) is 10.1 Å². The highest BCUT2D eigenvalue weighted by molar-refractivity contribution is 6.42. The van der Waals surface area contributed by atoms with E-state index in [4.69, 9.17) is 43.5 Å². The molecule has 4 aromatic rings. The first-order valence-corrected chi connectivity index (χ1v) is 14.5. The van der Waals surface area contributed by atoms with Crippen molar-refractivity contribution in [3.8, 4) is 34.6 Å². The molecule has 0 bridgehead atoms. The van der Waals surface area contributed by atoms with Gasteiger partial charge in [-0.2, -0.15) is 10.4 Å². The Kier molecular flexibility index (Phi) is 8.49. The molecule has 1 aliphatic rings. The number of ether oxygens (including phenoxy) is 2. The van der Waals surface area contributed by atoms with Crippen molar-refractivity contribution in [2.45, 2.75) is 46.2 Å². The fraction of sp³-hybridized carbons (Fsp3) is 0.323. The molecule has 1 saturated heterocycles. The second kappa shape index (κ2) is 12.1. The molecule has 43 heavy (non-hydrogen) atoms. The van der Waals surface area contributed by atoms with Crippen LogP contribution in [0.2, 0.25) is 10.0 Å². The normalized spacial score (nSPS) is 15.5. The Bertz CT molecular complexity index is 1770. The van der Waals surface area contributed by atoms with Gasteiger partial charge in [0.2, 0.25) is 0 Å². The summed E-state index contributed by atoms with van der Waals surface area (Å²) in [5, 5.41) is 16.0. The summed E-state index contributed by atoms with van der Waals surface area (Å²) in [6.07, 6.45) is 4.71. The minimum absolute atomic E-state index is 0.146. The lowest BCUT2D eigenvalue weighted by Gasteiger charge is -2.25. The van der Waals surface area contributed by atoms with Gasteiger partial charge in [0.15, 0.2) is 17.1 Å². The van der Waals surface area contributed by atoms with E-state index in [1.807, 2.05) is 26.8 Å². The number of likely N-dealkylation sites (tertiary alicyclic amines) is 1. The van der Waals surface area contributed by atoms with Gasteiger partial charge in [-0.3, -0.25) is 4.79 Å². The van der Waals surface area contributed by atoms with Crippen LogP contribution < -0.4 is 15.2 Å². The van der Waals surface area contributed by atoms with Crippen LogP contribution in [-0.4, -0.2) is 50.3 Å². The lowest BCUT2D eigenvalue weighted by Crippen LogP contribution is -2.39. The first kappa shape index (κ1) is 30.1. The number of carbonyl (C=O) groups is 1. The van der Waals surface area contributed by atoms with Gasteiger partial charge in [0.1, 0.15) is 35.2 Å². The largest absolute Gasteiger partial charge is 0.493 e. The summed E-state index contributed by atoms with van der Waals surface area (Å²) >= 11 is 12.2. The third-order valence-electron chi connectivity index (χ3n) is 7.06. The lowest BCUT2D eigenvalue weighted by molar-refractivity contribution is -0.127. The number of benzene rings is 2. The fourth-order valence-electron chi connectivity index (χ4n) is 5.15. The van der Waals surface area contributed by atoms with Crippen LogP contribution in [0.3, 0.4) is 0 Å². The van der Waals surface area contributed by atoms with Gasteiger partial charge in [-0.15, -0.1) is 0 Å². The highest BCUT2D eigenvalue weighted by Gasteiger charge is 2.33. The van der Waals surface area contributed by atoms with Crippen molar-refractivity contribution in [1.82, 2.24) is 24.6 Å². The maximum atomic E-state index is 13.4. The number of nitriles is 1. The van der Waals surface area contributed by atoms with Crippen LogP contribution in [0.1, 0.15) is 33.6 Å². The Morgan fingerprint density at radius 1 is 1.16 bits per heavy atom. The molecule has 12 heteroatoms. The average Bonchev–Trinajstić information content (AvgIpc) is 3.59. The van der Waals surface area contributed by atoms with Crippen LogP contribution in [0, 0.1) is 16.7 Å². The molecule has 0 aliphatic carbocycles. The smallest absolute Gasteiger partial charge is 0.264 e. The summed E-state index contributed by atoms with van der Waals surface area (Å²) in [6, 6.07) is 12.3. The molecule has 1 atom stereocenters. The van der Waals surface area contributed by atoms with E-state index in [1.54, 1.807) is 53.1 Å². The summed E-state index contributed by atoms with van der Waals surface area (Å²) in [7, 11) is 1.55. The van der Waals surface area contributed by atoms with Crippen molar-refractivity contribution in [3.05, 3.63) is 64.4 Å². The van der Waals surface area contributed by atoms with E-state index in [1.165, 1.54) is 6.33 Å². The van der Waals surface area contributed by atoms with Crippen molar-refractivity contribution in [3.63, 3.8) is 0 Å². The lowest BCUT2D eigenvalue weighted by atomic mass is 9.93. The number of nitrogens with zero attached hydrogens (tertiary/aromatic N) is 6. The molecule has 0 saturated carbocycles. The number of fused-ring (bicyclic) bond motifs is 1. The number of amides is 1. The molecule has 1 unspecified atom stereocenters. The number of hydrogen-bond acceptors (Lipinski definition) is 8. The predicted molar refractivity (Wildman–Crippen MR) is 166 cm³/mol. The van der Waals surface area contributed by atoms with Crippen molar-refractivity contribution in [1.29, 1.82) is 5.26 Å². The summed E-state index contributed by atoms with van der Waals surface area (Å²) in [4.78, 5) is 23.9. The molecule has 1 aliphatic heterocycles. The molecular formula is C31H31Cl2N7O3. The summed E-state index contributed by atoms with van der Waals surface area (Å²) in [5.41, 5.74) is 8.00. The van der Waals surface area contributed by atoms with Crippen molar-refractivity contribution in [2.24, 2.45) is 5.41 Å². The van der Waals surface area contributed by atoms with Crippen LogP contribution >= 0.6 is 23.2 Å². The van der Waals surface area contributed by atoms with Crippen LogP contribution in [0.15, 0.2) is 54.4 Å². The number of nitrogen functional groups attached to an aromatic ring is 1. The average molecular weight is 621 g/mol. The highest BCUT2D eigenvalue weighted by Crippen LogP contribution is 2.39. The van der Waals surface area contributed by atoms with Gasteiger partial charge < -0.3 is 20.1 Å². The number of halogens is 2. The minimum atomic E-state index is -0.305. The SMILES string of the molecule is COc1cc(-c2nn(CC3CCCN3C(=O)/C(C#N)=C/C(C)(C)C)c3ncnc(N)c23)ccc1Oc1ccc(Cl)c(Cl)c1. The van der Waals surface area contributed by atoms with Crippen LogP contribution in [0.5, 0.6) is 17.2 Å². The van der Waals surface area contributed by atoms with Gasteiger partial charge in [0, 0.05) is 18.2 Å². The van der Waals surface area contributed by atoms with Gasteiger partial charge in [0.05, 0.1) is 35.1 Å². The van der Waals surface area contributed by atoms with Crippen LogP contribution in [-0.2, 0) is 11.3 Å². The monoisotopic (exact) mass is 619 g/mol. The van der Waals surface area contributed by atoms with Crippen molar-refractivity contribution < 1.29 is 14.3 Å². The molecule has 0 spiro atoms. The Morgan fingerprint density at radius 2 is 1.95 bits per heavy atom. The zero-order valence-electron chi connectivity index (χ0n) is 24.3. The second-order valence-corrected chi connectivity index (χ2v) is 12.2. The molecule has 1 fully saturated rings. The van der Waals surface area contributed by atoms with Crippen molar-refractivity contribution in [2.75, 3.05) is 19.4 Å². The van der Waals surface area contributed by atoms with Crippen LogP contribution in [0.25, 0.3) is 22.3 Å². The number of aromatic nitrogens is 4. The summed E-state index contributed by atoms with van der Waals surface area (Å²) in [6.45, 7) is 6.82. The number of nitrogens with two attached hydrogens (primary N) is 1. The van der Waals surface area contributed by atoms with Gasteiger partial charge >= 0.3 is 0 Å². The van der Waals surface area contributed by atoms with Gasteiger partial charge in [-0.1, -0.05) is 50.0 Å². The Balaban J connectivity index is 1.48. The molecular weight excluding hydrogens is 589 g/mol. The number of rotatable bonds is 7. The molecule has 2 aromatic carbocycles. The van der Waals surface area contributed by atoms with Gasteiger partial charge in [-0.05, 0) is 48.6 Å². The number of anilines is 1. The van der Waals surface area contributed by atoms with Crippen LogP contribution in [0.4, 0.5) is 5.82 Å². The maximum absolute atomic E-state index is 13.4. The summed E-state index contributed by atoms with van der Waals surface area (Å²) < 4.78 is 13.4. The molecule has 0 radical (unpaired) electrons. The number of allylic oxidation sites excluding steroid dienone is 1. The van der Waals surface area contributed by atoms with E-state index in [-0.39, 0.29) is 28.8 Å². The van der Waals surface area contributed by atoms with Gasteiger partial charge in [0.25, 0.3) is 5.91 Å². The zero-order chi connectivity index (χ0) is 30.9. The fourth-order valence-corrected chi connectivity index (χ4v) is 5.44. The third-order valence-corrected chi connectivity index (χ3v) is 7.80.